The van der Waals surface area contributed by atoms with Crippen LogP contribution >= 0.6 is 31.9 Å². The predicted molar refractivity (Wildman–Crippen MR) is 81.5 cm³/mol. The number of nitrogens with zero attached hydrogens (tertiary/aromatic N) is 2. The van der Waals surface area contributed by atoms with E-state index in [-0.39, 0.29) is 0 Å². The molecule has 0 amide bonds. The van der Waals surface area contributed by atoms with E-state index >= 15 is 0 Å². The topological polar surface area (TPSA) is 44.2 Å². The molecule has 0 atom stereocenters. The minimum Gasteiger partial charge on any atom is -0.431 e. The van der Waals surface area contributed by atoms with Gasteiger partial charge in [-0.15, -0.1) is 0 Å². The van der Waals surface area contributed by atoms with E-state index in [1.54, 1.807) is 0 Å². The Morgan fingerprint density at radius 1 is 0.750 bits per heavy atom. The Hall–Kier alpha value is -1.66. The molecule has 6 heteroatoms. The monoisotopic (exact) mass is 392 g/mol. The minimum absolute atomic E-state index is 0.380. The second-order valence-corrected chi connectivity index (χ2v) is 5.95. The van der Waals surface area contributed by atoms with Gasteiger partial charge in [-0.1, -0.05) is 12.1 Å². The van der Waals surface area contributed by atoms with Gasteiger partial charge in [-0.3, -0.25) is 0 Å². The SMILES string of the molecule is Brc1cc2c(cc1Br)Oc1nc3ccccc3nc1O2. The summed E-state index contributed by atoms with van der Waals surface area (Å²) in [5.41, 5.74) is 1.55. The van der Waals surface area contributed by atoms with E-state index in [2.05, 4.69) is 41.8 Å². The number of para-hydroxylation sites is 2. The van der Waals surface area contributed by atoms with Gasteiger partial charge < -0.3 is 9.47 Å². The molecule has 2 aromatic carbocycles. The maximum Gasteiger partial charge on any atom is 0.284 e. The first kappa shape index (κ1) is 12.1. The highest BCUT2D eigenvalue weighted by Crippen LogP contribution is 2.46. The van der Waals surface area contributed by atoms with Crippen LogP contribution in [0.4, 0.5) is 0 Å². The molecule has 0 aliphatic carbocycles. The number of aromatic nitrogens is 2. The number of benzene rings is 2. The Bertz CT molecular complexity index is 782. The minimum atomic E-state index is 0.380. The highest BCUT2D eigenvalue weighted by Gasteiger charge is 2.23. The van der Waals surface area contributed by atoms with Crippen LogP contribution in [0.5, 0.6) is 23.3 Å². The standard InChI is InChI=1S/C14H6Br2N2O2/c15-7-5-11-12(6-8(7)16)20-14-13(19-11)17-9-3-1-2-4-10(9)18-14/h1-6H. The first-order valence-corrected chi connectivity index (χ1v) is 7.41. The predicted octanol–water partition coefficient (Wildman–Crippen LogP) is 5.05. The summed E-state index contributed by atoms with van der Waals surface area (Å²) in [6.45, 7) is 0. The van der Waals surface area contributed by atoms with Crippen LogP contribution in [0.1, 0.15) is 0 Å². The maximum atomic E-state index is 5.77. The normalized spacial score (nSPS) is 12.3. The van der Waals surface area contributed by atoms with E-state index in [0.29, 0.717) is 23.3 Å². The summed E-state index contributed by atoms with van der Waals surface area (Å²) >= 11 is 6.87. The molecular weight excluding hydrogens is 388 g/mol. The van der Waals surface area contributed by atoms with E-state index in [4.69, 9.17) is 9.47 Å². The second kappa shape index (κ2) is 4.43. The number of ether oxygens (including phenoxy) is 2. The molecule has 4 rings (SSSR count). The Balaban J connectivity index is 1.89. The van der Waals surface area contributed by atoms with Gasteiger partial charge in [0.2, 0.25) is 0 Å². The summed E-state index contributed by atoms with van der Waals surface area (Å²) < 4.78 is 13.3. The van der Waals surface area contributed by atoms with Gasteiger partial charge in [0, 0.05) is 21.1 Å². The Kier molecular flexibility index (Phi) is 2.68. The van der Waals surface area contributed by atoms with Gasteiger partial charge in [0.1, 0.15) is 0 Å². The Morgan fingerprint density at radius 3 is 1.65 bits per heavy atom. The van der Waals surface area contributed by atoms with Crippen molar-refractivity contribution in [2.24, 2.45) is 0 Å². The number of fused-ring (bicyclic) bond motifs is 3. The summed E-state index contributed by atoms with van der Waals surface area (Å²) in [6, 6.07) is 11.3. The molecule has 0 saturated carbocycles. The fourth-order valence-electron chi connectivity index (χ4n) is 1.98. The van der Waals surface area contributed by atoms with Crippen molar-refractivity contribution in [3.63, 3.8) is 0 Å². The highest BCUT2D eigenvalue weighted by molar-refractivity contribution is 9.13. The van der Waals surface area contributed by atoms with E-state index in [1.165, 1.54) is 0 Å². The fraction of sp³-hybridized carbons (Fsp3) is 0. The van der Waals surface area contributed by atoms with Crippen molar-refractivity contribution >= 4 is 42.9 Å². The molecule has 0 spiro atoms. The molecule has 3 aromatic rings. The van der Waals surface area contributed by atoms with Crippen LogP contribution in [0.25, 0.3) is 11.0 Å². The van der Waals surface area contributed by atoms with Crippen molar-refractivity contribution in [2.75, 3.05) is 0 Å². The first-order valence-electron chi connectivity index (χ1n) is 5.82. The van der Waals surface area contributed by atoms with E-state index in [9.17, 15) is 0 Å². The highest BCUT2D eigenvalue weighted by atomic mass is 79.9. The molecule has 20 heavy (non-hydrogen) atoms. The molecule has 1 aromatic heterocycles. The average molecular weight is 394 g/mol. The third-order valence-corrected chi connectivity index (χ3v) is 4.75. The lowest BCUT2D eigenvalue weighted by atomic mass is 10.3. The molecule has 4 nitrogen and oxygen atoms in total. The van der Waals surface area contributed by atoms with Gasteiger partial charge in [0.25, 0.3) is 11.8 Å². The van der Waals surface area contributed by atoms with Crippen LogP contribution in [-0.2, 0) is 0 Å². The Labute approximate surface area is 131 Å². The second-order valence-electron chi connectivity index (χ2n) is 4.24. The molecular formula is C14H6Br2N2O2. The van der Waals surface area contributed by atoms with Gasteiger partial charge >= 0.3 is 0 Å². The molecule has 0 fully saturated rings. The largest absolute Gasteiger partial charge is 0.431 e. The van der Waals surface area contributed by atoms with Crippen molar-refractivity contribution in [1.29, 1.82) is 0 Å². The zero-order chi connectivity index (χ0) is 13.7. The van der Waals surface area contributed by atoms with Gasteiger partial charge in [-0.2, -0.15) is 0 Å². The van der Waals surface area contributed by atoms with E-state index in [0.717, 1.165) is 20.0 Å². The zero-order valence-corrected chi connectivity index (χ0v) is 13.1. The molecule has 0 bridgehead atoms. The molecule has 0 N–H and O–H groups in total. The van der Waals surface area contributed by atoms with E-state index < -0.39 is 0 Å². The van der Waals surface area contributed by atoms with Crippen LogP contribution in [0.15, 0.2) is 45.3 Å². The number of hydrogen-bond donors (Lipinski definition) is 0. The lowest BCUT2D eigenvalue weighted by Gasteiger charge is -2.19. The number of halogens is 2. The molecule has 1 aliphatic rings. The number of hydrogen-bond acceptors (Lipinski definition) is 4. The summed E-state index contributed by atoms with van der Waals surface area (Å²) in [5.74, 6) is 1.98. The van der Waals surface area contributed by atoms with Crippen LogP contribution in [0.2, 0.25) is 0 Å². The third-order valence-electron chi connectivity index (χ3n) is 2.91. The smallest absolute Gasteiger partial charge is 0.284 e. The third kappa shape index (κ3) is 1.87. The number of rotatable bonds is 0. The van der Waals surface area contributed by atoms with E-state index in [1.807, 2.05) is 36.4 Å². The summed E-state index contributed by atoms with van der Waals surface area (Å²) in [5, 5.41) is 0. The summed E-state index contributed by atoms with van der Waals surface area (Å²) in [4.78, 5) is 8.86. The van der Waals surface area contributed by atoms with Crippen LogP contribution in [0.3, 0.4) is 0 Å². The molecule has 1 aliphatic heterocycles. The van der Waals surface area contributed by atoms with Crippen molar-refractivity contribution in [1.82, 2.24) is 9.97 Å². The summed E-state index contributed by atoms with van der Waals surface area (Å²) in [7, 11) is 0. The van der Waals surface area contributed by atoms with Gasteiger partial charge in [0.05, 0.1) is 11.0 Å². The van der Waals surface area contributed by atoms with Crippen molar-refractivity contribution in [3.8, 4) is 23.3 Å². The van der Waals surface area contributed by atoms with Crippen molar-refractivity contribution in [2.45, 2.75) is 0 Å². The molecule has 0 radical (unpaired) electrons. The Morgan fingerprint density at radius 2 is 1.20 bits per heavy atom. The van der Waals surface area contributed by atoms with Gasteiger partial charge in [0.15, 0.2) is 11.5 Å². The van der Waals surface area contributed by atoms with Crippen molar-refractivity contribution in [3.05, 3.63) is 45.3 Å². The molecule has 98 valence electrons. The van der Waals surface area contributed by atoms with Crippen molar-refractivity contribution < 1.29 is 9.47 Å². The van der Waals surface area contributed by atoms with Crippen LogP contribution in [0, 0.1) is 0 Å². The van der Waals surface area contributed by atoms with Crippen LogP contribution < -0.4 is 9.47 Å². The molecule has 2 heterocycles. The quantitative estimate of drug-likeness (QED) is 0.419. The summed E-state index contributed by atoms with van der Waals surface area (Å²) in [6.07, 6.45) is 0. The van der Waals surface area contributed by atoms with Gasteiger partial charge in [-0.25, -0.2) is 9.97 Å². The molecule has 0 unspecified atom stereocenters. The lowest BCUT2D eigenvalue weighted by molar-refractivity contribution is 0.338. The van der Waals surface area contributed by atoms with Gasteiger partial charge in [-0.05, 0) is 44.0 Å². The maximum absolute atomic E-state index is 5.77. The first-order chi connectivity index (χ1) is 9.70. The average Bonchev–Trinajstić information content (AvgIpc) is 2.44. The zero-order valence-electron chi connectivity index (χ0n) is 9.93. The fourth-order valence-corrected chi connectivity index (χ4v) is 2.62. The lowest BCUT2D eigenvalue weighted by Crippen LogP contribution is -2.03. The van der Waals surface area contributed by atoms with Crippen LogP contribution in [-0.4, -0.2) is 9.97 Å². The molecule has 0 saturated heterocycles.